The Labute approximate surface area is 105 Å². The highest BCUT2D eigenvalue weighted by molar-refractivity contribution is 7.99. The third-order valence-corrected chi connectivity index (χ3v) is 5.08. The van der Waals surface area contributed by atoms with Crippen LogP contribution in [0.3, 0.4) is 0 Å². The summed E-state index contributed by atoms with van der Waals surface area (Å²) in [6, 6.07) is 0. The minimum atomic E-state index is 0.283. The van der Waals surface area contributed by atoms with Gasteiger partial charge in [0.15, 0.2) is 0 Å². The molecule has 0 spiro atoms. The molecule has 0 aromatic rings. The van der Waals surface area contributed by atoms with Crippen LogP contribution in [-0.4, -0.2) is 41.1 Å². The first-order chi connectivity index (χ1) is 7.68. The summed E-state index contributed by atoms with van der Waals surface area (Å²) in [7, 11) is 0. The number of nitrogens with zero attached hydrogens (tertiary/aromatic N) is 1. The van der Waals surface area contributed by atoms with Crippen LogP contribution >= 0.6 is 11.8 Å². The molecule has 96 valence electrons. The lowest BCUT2D eigenvalue weighted by molar-refractivity contribution is 0.0830. The second-order valence-electron chi connectivity index (χ2n) is 5.01. The third-order valence-electron chi connectivity index (χ3n) is 3.95. The largest absolute Gasteiger partial charge is 0.329 e. The fourth-order valence-corrected chi connectivity index (χ4v) is 3.70. The zero-order valence-corrected chi connectivity index (χ0v) is 12.0. The molecular weight excluding hydrogens is 216 g/mol. The Bertz CT molecular complexity index is 192. The molecule has 0 aromatic carbocycles. The number of thioether (sulfide) groups is 1. The summed E-state index contributed by atoms with van der Waals surface area (Å²) in [6.07, 6.45) is 5.05. The summed E-state index contributed by atoms with van der Waals surface area (Å²) < 4.78 is 0. The average molecular weight is 244 g/mol. The standard InChI is InChI=1S/C13H28N2S/c1-4-6-7-13(5-2,11-14)15-8-9-16-12(3)10-15/h12H,4-11,14H2,1-3H3. The van der Waals surface area contributed by atoms with Crippen LogP contribution in [0.25, 0.3) is 0 Å². The Morgan fingerprint density at radius 2 is 2.19 bits per heavy atom. The van der Waals surface area contributed by atoms with Gasteiger partial charge in [0.25, 0.3) is 0 Å². The first-order valence-corrected chi connectivity index (χ1v) is 7.80. The van der Waals surface area contributed by atoms with E-state index in [9.17, 15) is 0 Å². The van der Waals surface area contributed by atoms with Gasteiger partial charge in [0, 0.05) is 36.2 Å². The van der Waals surface area contributed by atoms with Gasteiger partial charge in [0.2, 0.25) is 0 Å². The van der Waals surface area contributed by atoms with Gasteiger partial charge in [-0.15, -0.1) is 0 Å². The smallest absolute Gasteiger partial charge is 0.0329 e. The van der Waals surface area contributed by atoms with Crippen LogP contribution in [0.15, 0.2) is 0 Å². The van der Waals surface area contributed by atoms with Crippen LogP contribution < -0.4 is 5.73 Å². The van der Waals surface area contributed by atoms with Gasteiger partial charge in [0.1, 0.15) is 0 Å². The van der Waals surface area contributed by atoms with Crippen LogP contribution in [-0.2, 0) is 0 Å². The van der Waals surface area contributed by atoms with Crippen LogP contribution in [0.5, 0.6) is 0 Å². The van der Waals surface area contributed by atoms with E-state index in [1.165, 1.54) is 44.5 Å². The molecule has 0 aliphatic carbocycles. The Morgan fingerprint density at radius 3 is 2.69 bits per heavy atom. The molecular formula is C13H28N2S. The van der Waals surface area contributed by atoms with Crippen molar-refractivity contribution in [3.8, 4) is 0 Å². The summed E-state index contributed by atoms with van der Waals surface area (Å²) in [4.78, 5) is 2.67. The number of rotatable bonds is 6. The molecule has 1 fully saturated rings. The Hall–Kier alpha value is 0.270. The molecule has 1 aliphatic heterocycles. The summed E-state index contributed by atoms with van der Waals surface area (Å²) in [6.45, 7) is 10.2. The maximum atomic E-state index is 6.09. The van der Waals surface area contributed by atoms with Crippen molar-refractivity contribution in [3.05, 3.63) is 0 Å². The monoisotopic (exact) mass is 244 g/mol. The van der Waals surface area contributed by atoms with E-state index in [1.54, 1.807) is 0 Å². The fraction of sp³-hybridized carbons (Fsp3) is 1.00. The number of unbranched alkanes of at least 4 members (excludes halogenated alkanes) is 1. The van der Waals surface area contributed by atoms with Crippen molar-refractivity contribution in [2.75, 3.05) is 25.4 Å². The maximum absolute atomic E-state index is 6.09. The molecule has 0 amide bonds. The van der Waals surface area contributed by atoms with Gasteiger partial charge >= 0.3 is 0 Å². The fourth-order valence-electron chi connectivity index (χ4n) is 2.69. The van der Waals surface area contributed by atoms with E-state index in [0.29, 0.717) is 0 Å². The minimum absolute atomic E-state index is 0.283. The quantitative estimate of drug-likeness (QED) is 0.779. The van der Waals surface area contributed by atoms with Crippen molar-refractivity contribution in [1.82, 2.24) is 4.90 Å². The molecule has 0 aromatic heterocycles. The Kier molecular flexibility index (Phi) is 6.16. The van der Waals surface area contributed by atoms with Crippen molar-refractivity contribution < 1.29 is 0 Å². The second-order valence-corrected chi connectivity index (χ2v) is 6.56. The molecule has 16 heavy (non-hydrogen) atoms. The van der Waals surface area contributed by atoms with Crippen molar-refractivity contribution >= 4 is 11.8 Å². The molecule has 2 atom stereocenters. The molecule has 1 rings (SSSR count). The van der Waals surface area contributed by atoms with Gasteiger partial charge in [-0.3, -0.25) is 4.90 Å². The Morgan fingerprint density at radius 1 is 1.44 bits per heavy atom. The van der Waals surface area contributed by atoms with E-state index < -0.39 is 0 Å². The van der Waals surface area contributed by atoms with Gasteiger partial charge in [-0.1, -0.05) is 33.6 Å². The van der Waals surface area contributed by atoms with E-state index in [1.807, 2.05) is 0 Å². The van der Waals surface area contributed by atoms with Crippen molar-refractivity contribution in [1.29, 1.82) is 0 Å². The summed E-state index contributed by atoms with van der Waals surface area (Å²) >= 11 is 2.10. The highest BCUT2D eigenvalue weighted by Crippen LogP contribution is 2.30. The van der Waals surface area contributed by atoms with Gasteiger partial charge in [-0.2, -0.15) is 11.8 Å². The van der Waals surface area contributed by atoms with Crippen LogP contribution in [0.4, 0.5) is 0 Å². The highest BCUT2D eigenvalue weighted by Gasteiger charge is 2.35. The van der Waals surface area contributed by atoms with E-state index in [2.05, 4.69) is 37.4 Å². The zero-order chi connectivity index (χ0) is 12.0. The predicted octanol–water partition coefficient (Wildman–Crippen LogP) is 2.72. The minimum Gasteiger partial charge on any atom is -0.329 e. The lowest BCUT2D eigenvalue weighted by atomic mass is 9.87. The first kappa shape index (κ1) is 14.3. The lowest BCUT2D eigenvalue weighted by Crippen LogP contribution is -2.57. The van der Waals surface area contributed by atoms with Crippen molar-refractivity contribution in [3.63, 3.8) is 0 Å². The topological polar surface area (TPSA) is 29.3 Å². The van der Waals surface area contributed by atoms with Crippen LogP contribution in [0.1, 0.15) is 46.5 Å². The van der Waals surface area contributed by atoms with E-state index in [-0.39, 0.29) is 5.54 Å². The molecule has 3 heteroatoms. The molecule has 1 heterocycles. The number of nitrogens with two attached hydrogens (primary N) is 1. The molecule has 2 N–H and O–H groups in total. The van der Waals surface area contributed by atoms with E-state index in [0.717, 1.165) is 11.8 Å². The lowest BCUT2D eigenvalue weighted by Gasteiger charge is -2.46. The van der Waals surface area contributed by atoms with Crippen molar-refractivity contribution in [2.24, 2.45) is 5.73 Å². The van der Waals surface area contributed by atoms with Gasteiger partial charge in [0.05, 0.1) is 0 Å². The molecule has 1 aliphatic rings. The molecule has 0 bridgehead atoms. The van der Waals surface area contributed by atoms with E-state index >= 15 is 0 Å². The predicted molar refractivity (Wildman–Crippen MR) is 75.1 cm³/mol. The molecule has 2 unspecified atom stereocenters. The first-order valence-electron chi connectivity index (χ1n) is 6.75. The van der Waals surface area contributed by atoms with Crippen LogP contribution in [0, 0.1) is 0 Å². The normalized spacial score (nSPS) is 26.6. The molecule has 0 radical (unpaired) electrons. The second kappa shape index (κ2) is 6.87. The summed E-state index contributed by atoms with van der Waals surface area (Å²) in [5.74, 6) is 1.27. The zero-order valence-electron chi connectivity index (χ0n) is 11.2. The number of hydrogen-bond acceptors (Lipinski definition) is 3. The van der Waals surface area contributed by atoms with E-state index in [4.69, 9.17) is 5.73 Å². The molecule has 0 saturated carbocycles. The van der Waals surface area contributed by atoms with Crippen molar-refractivity contribution in [2.45, 2.75) is 57.2 Å². The SMILES string of the molecule is CCCCC(CC)(CN)N1CCSC(C)C1. The Balaban J connectivity index is 2.66. The summed E-state index contributed by atoms with van der Waals surface area (Å²) in [5.41, 5.74) is 6.37. The molecule has 1 saturated heterocycles. The molecule has 2 nitrogen and oxygen atoms in total. The summed E-state index contributed by atoms with van der Waals surface area (Å²) in [5, 5.41) is 0.771. The maximum Gasteiger partial charge on any atom is 0.0329 e. The third kappa shape index (κ3) is 3.38. The van der Waals surface area contributed by atoms with Gasteiger partial charge < -0.3 is 5.73 Å². The van der Waals surface area contributed by atoms with Gasteiger partial charge in [-0.25, -0.2) is 0 Å². The number of hydrogen-bond donors (Lipinski definition) is 1. The van der Waals surface area contributed by atoms with Gasteiger partial charge in [-0.05, 0) is 12.8 Å². The average Bonchev–Trinajstić information content (AvgIpc) is 2.31. The van der Waals surface area contributed by atoms with Crippen LogP contribution in [0.2, 0.25) is 0 Å². The highest BCUT2D eigenvalue weighted by atomic mass is 32.2.